The summed E-state index contributed by atoms with van der Waals surface area (Å²) in [6.45, 7) is 9.64. The van der Waals surface area contributed by atoms with Gasteiger partial charge in [-0.05, 0) is 55.6 Å². The van der Waals surface area contributed by atoms with Crippen LogP contribution in [0.3, 0.4) is 0 Å². The molecule has 0 aliphatic rings. The standard InChI is InChI=1S/C16H29NO2Si/c1-16(2,20(3,4)18)11-7-13-19-15-9-6-5-8-14(15)10-12-17/h5-6,8-9,18H,7,10-13,17H2,1-4H3. The SMILES string of the molecule is CC(C)(CCCOc1ccccc1CCN)[Si](C)(C)O. The van der Waals surface area contributed by atoms with Gasteiger partial charge in [0, 0.05) is 0 Å². The number of nitrogens with two attached hydrogens (primary N) is 1. The first-order valence-electron chi connectivity index (χ1n) is 7.41. The van der Waals surface area contributed by atoms with E-state index in [2.05, 4.69) is 19.9 Å². The Morgan fingerprint density at radius 3 is 2.50 bits per heavy atom. The van der Waals surface area contributed by atoms with Gasteiger partial charge in [0.15, 0.2) is 8.32 Å². The Kier molecular flexibility index (Phi) is 6.24. The summed E-state index contributed by atoms with van der Waals surface area (Å²) in [5, 5.41) is 0.0210. The van der Waals surface area contributed by atoms with Crippen molar-refractivity contribution in [3.63, 3.8) is 0 Å². The molecular formula is C16H29NO2Si. The predicted molar refractivity (Wildman–Crippen MR) is 87.7 cm³/mol. The van der Waals surface area contributed by atoms with Crippen LogP contribution in [-0.2, 0) is 6.42 Å². The van der Waals surface area contributed by atoms with Crippen LogP contribution in [0, 0.1) is 0 Å². The molecule has 0 fully saturated rings. The summed E-state index contributed by atoms with van der Waals surface area (Å²) in [5.74, 6) is 0.941. The van der Waals surface area contributed by atoms with Crippen molar-refractivity contribution in [3.05, 3.63) is 29.8 Å². The highest BCUT2D eigenvalue weighted by Gasteiger charge is 2.37. The molecule has 0 bridgehead atoms. The maximum absolute atomic E-state index is 10.3. The lowest BCUT2D eigenvalue weighted by molar-refractivity contribution is 0.292. The second-order valence-electron chi connectivity index (χ2n) is 6.54. The normalized spacial score (nSPS) is 12.5. The molecule has 0 heterocycles. The van der Waals surface area contributed by atoms with Crippen molar-refractivity contribution >= 4 is 8.32 Å². The van der Waals surface area contributed by atoms with E-state index in [9.17, 15) is 4.80 Å². The lowest BCUT2D eigenvalue weighted by atomic mass is 10.1. The van der Waals surface area contributed by atoms with Crippen LogP contribution < -0.4 is 10.5 Å². The van der Waals surface area contributed by atoms with Gasteiger partial charge < -0.3 is 15.3 Å². The number of hydrogen-bond donors (Lipinski definition) is 2. The Balaban J connectivity index is 2.46. The average molecular weight is 295 g/mol. The monoisotopic (exact) mass is 295 g/mol. The largest absolute Gasteiger partial charge is 0.493 e. The van der Waals surface area contributed by atoms with Crippen LogP contribution in [-0.4, -0.2) is 26.3 Å². The van der Waals surface area contributed by atoms with E-state index >= 15 is 0 Å². The molecule has 0 spiro atoms. The topological polar surface area (TPSA) is 55.5 Å². The zero-order valence-electron chi connectivity index (χ0n) is 13.3. The summed E-state index contributed by atoms with van der Waals surface area (Å²) >= 11 is 0. The van der Waals surface area contributed by atoms with Crippen molar-refractivity contribution in [2.45, 2.75) is 51.2 Å². The lowest BCUT2D eigenvalue weighted by Crippen LogP contribution is -2.39. The molecule has 1 aromatic rings. The molecule has 3 nitrogen and oxygen atoms in total. The molecule has 0 aliphatic carbocycles. The molecule has 3 N–H and O–H groups in total. The van der Waals surface area contributed by atoms with Crippen LogP contribution >= 0.6 is 0 Å². The Hall–Kier alpha value is -0.843. The summed E-state index contributed by atoms with van der Waals surface area (Å²) < 4.78 is 5.88. The van der Waals surface area contributed by atoms with E-state index in [1.165, 1.54) is 5.56 Å². The Bertz CT molecular complexity index is 413. The highest BCUT2D eigenvalue weighted by molar-refractivity contribution is 6.72. The van der Waals surface area contributed by atoms with Crippen molar-refractivity contribution in [1.82, 2.24) is 0 Å². The number of hydrogen-bond acceptors (Lipinski definition) is 3. The Morgan fingerprint density at radius 1 is 1.25 bits per heavy atom. The van der Waals surface area contributed by atoms with Gasteiger partial charge in [0.2, 0.25) is 0 Å². The average Bonchev–Trinajstić information content (AvgIpc) is 2.35. The number of ether oxygens (including phenoxy) is 1. The smallest absolute Gasteiger partial charge is 0.188 e. The van der Waals surface area contributed by atoms with Gasteiger partial charge in [-0.3, -0.25) is 0 Å². The molecule has 0 saturated heterocycles. The molecule has 0 saturated carbocycles. The first kappa shape index (κ1) is 17.2. The van der Waals surface area contributed by atoms with E-state index in [0.29, 0.717) is 13.2 Å². The van der Waals surface area contributed by atoms with Crippen molar-refractivity contribution in [1.29, 1.82) is 0 Å². The molecule has 0 radical (unpaired) electrons. The van der Waals surface area contributed by atoms with Crippen LogP contribution in [0.1, 0.15) is 32.3 Å². The van der Waals surface area contributed by atoms with Crippen LogP contribution in [0.4, 0.5) is 0 Å². The molecule has 0 amide bonds. The number of rotatable bonds is 8. The van der Waals surface area contributed by atoms with E-state index in [-0.39, 0.29) is 5.04 Å². The van der Waals surface area contributed by atoms with Crippen molar-refractivity contribution in [2.75, 3.05) is 13.2 Å². The lowest BCUT2D eigenvalue weighted by Gasteiger charge is -2.35. The van der Waals surface area contributed by atoms with E-state index in [1.54, 1.807) is 0 Å². The zero-order chi connectivity index (χ0) is 15.2. The first-order chi connectivity index (χ1) is 9.28. The van der Waals surface area contributed by atoms with E-state index < -0.39 is 8.32 Å². The third-order valence-corrected chi connectivity index (χ3v) is 7.81. The second-order valence-corrected chi connectivity index (χ2v) is 11.0. The molecule has 0 aliphatic heterocycles. The molecule has 114 valence electrons. The van der Waals surface area contributed by atoms with Gasteiger partial charge in [-0.15, -0.1) is 0 Å². The van der Waals surface area contributed by atoms with Gasteiger partial charge in [-0.1, -0.05) is 32.0 Å². The number of benzene rings is 1. The van der Waals surface area contributed by atoms with Gasteiger partial charge in [0.1, 0.15) is 5.75 Å². The third-order valence-electron chi connectivity index (χ3n) is 4.25. The van der Waals surface area contributed by atoms with E-state index in [4.69, 9.17) is 10.5 Å². The minimum atomic E-state index is -2.11. The van der Waals surface area contributed by atoms with Crippen LogP contribution in [0.25, 0.3) is 0 Å². The van der Waals surface area contributed by atoms with Crippen LogP contribution in [0.5, 0.6) is 5.75 Å². The van der Waals surface area contributed by atoms with Crippen LogP contribution in [0.2, 0.25) is 18.1 Å². The predicted octanol–water partition coefficient (Wildman–Crippen LogP) is 3.32. The highest BCUT2D eigenvalue weighted by atomic mass is 28.4. The summed E-state index contributed by atoms with van der Waals surface area (Å²) in [7, 11) is -2.11. The summed E-state index contributed by atoms with van der Waals surface area (Å²) in [5.41, 5.74) is 6.78. The summed E-state index contributed by atoms with van der Waals surface area (Å²) in [6, 6.07) is 8.07. The molecule has 4 heteroatoms. The van der Waals surface area contributed by atoms with Crippen molar-refractivity contribution in [3.8, 4) is 5.75 Å². The third kappa shape index (κ3) is 4.92. The van der Waals surface area contributed by atoms with Gasteiger partial charge in [0.05, 0.1) is 6.61 Å². The minimum absolute atomic E-state index is 0.0210. The Labute approximate surface area is 124 Å². The van der Waals surface area contributed by atoms with Crippen LogP contribution in [0.15, 0.2) is 24.3 Å². The van der Waals surface area contributed by atoms with Gasteiger partial charge in [0.25, 0.3) is 0 Å². The van der Waals surface area contributed by atoms with E-state index in [0.717, 1.165) is 25.0 Å². The van der Waals surface area contributed by atoms with Gasteiger partial charge in [-0.25, -0.2) is 0 Å². The fourth-order valence-electron chi connectivity index (χ4n) is 2.01. The molecule has 20 heavy (non-hydrogen) atoms. The van der Waals surface area contributed by atoms with Gasteiger partial charge >= 0.3 is 0 Å². The molecule has 0 aromatic heterocycles. The highest BCUT2D eigenvalue weighted by Crippen LogP contribution is 2.39. The summed E-state index contributed by atoms with van der Waals surface area (Å²) in [4.78, 5) is 10.3. The second kappa shape index (κ2) is 7.25. The zero-order valence-corrected chi connectivity index (χ0v) is 14.3. The molecule has 0 atom stereocenters. The van der Waals surface area contributed by atoms with Crippen molar-refractivity contribution in [2.24, 2.45) is 5.73 Å². The first-order valence-corrected chi connectivity index (χ1v) is 10.4. The minimum Gasteiger partial charge on any atom is -0.493 e. The van der Waals surface area contributed by atoms with Crippen molar-refractivity contribution < 1.29 is 9.53 Å². The molecule has 1 aromatic carbocycles. The van der Waals surface area contributed by atoms with E-state index in [1.807, 2.05) is 31.3 Å². The summed E-state index contributed by atoms with van der Waals surface area (Å²) in [6.07, 6.45) is 2.79. The Morgan fingerprint density at radius 2 is 1.90 bits per heavy atom. The fourth-order valence-corrected chi connectivity index (χ4v) is 2.80. The molecule has 1 rings (SSSR count). The van der Waals surface area contributed by atoms with Gasteiger partial charge in [-0.2, -0.15) is 0 Å². The molecular weight excluding hydrogens is 266 g/mol. The maximum Gasteiger partial charge on any atom is 0.188 e. The number of para-hydroxylation sites is 1. The fraction of sp³-hybridized carbons (Fsp3) is 0.625. The maximum atomic E-state index is 10.3. The quantitative estimate of drug-likeness (QED) is 0.571. The molecule has 0 unspecified atom stereocenters.